The van der Waals surface area contributed by atoms with Crippen molar-refractivity contribution in [3.63, 3.8) is 0 Å². The van der Waals surface area contributed by atoms with Crippen molar-refractivity contribution in [3.05, 3.63) is 33.5 Å². The zero-order valence-corrected chi connectivity index (χ0v) is 14.2. The van der Waals surface area contributed by atoms with Crippen LogP contribution in [-0.2, 0) is 9.59 Å². The maximum atomic E-state index is 11.7. The third-order valence-electron chi connectivity index (χ3n) is 3.98. The third kappa shape index (κ3) is 5.48. The van der Waals surface area contributed by atoms with Crippen LogP contribution in [0.4, 0.5) is 0 Å². The summed E-state index contributed by atoms with van der Waals surface area (Å²) in [5.41, 5.74) is 2.35. The molecule has 0 unspecified atom stereocenters. The van der Waals surface area contributed by atoms with Crippen LogP contribution in [-0.4, -0.2) is 30.0 Å². The third-order valence-corrected chi connectivity index (χ3v) is 5.10. The van der Waals surface area contributed by atoms with Gasteiger partial charge in [-0.25, -0.2) is 0 Å². The summed E-state index contributed by atoms with van der Waals surface area (Å²) in [6.45, 7) is 2.42. The lowest BCUT2D eigenvalue weighted by Crippen LogP contribution is -2.41. The quantitative estimate of drug-likeness (QED) is 0.550. The average Bonchev–Trinajstić information content (AvgIpc) is 2.99. The molecule has 1 aliphatic rings. The van der Waals surface area contributed by atoms with Crippen LogP contribution in [0, 0.1) is 6.92 Å². The molecule has 0 saturated heterocycles. The number of aliphatic hydroxyl groups excluding tert-OH is 1. The van der Waals surface area contributed by atoms with E-state index >= 15 is 0 Å². The molecular weight excluding hydrogens is 312 g/mol. The second-order valence-corrected chi connectivity index (χ2v) is 6.76. The topological polar surface area (TPSA) is 78.4 Å². The van der Waals surface area contributed by atoms with Gasteiger partial charge in [0.1, 0.15) is 6.10 Å². The number of aliphatic hydroxyl groups is 1. The first kappa shape index (κ1) is 17.7. The fraction of sp³-hybridized carbons (Fsp3) is 0.529. The number of hydrogen-bond donors (Lipinski definition) is 3. The van der Waals surface area contributed by atoms with Crippen molar-refractivity contribution in [3.8, 4) is 0 Å². The molecule has 1 atom stereocenters. The van der Waals surface area contributed by atoms with Crippen molar-refractivity contribution >= 4 is 23.2 Å². The highest BCUT2D eigenvalue weighted by Crippen LogP contribution is 2.23. The predicted molar refractivity (Wildman–Crippen MR) is 91.2 cm³/mol. The summed E-state index contributed by atoms with van der Waals surface area (Å²) in [5, 5.41) is 17.0. The smallest absolute Gasteiger partial charge is 0.309 e. The molecule has 2 amide bonds. The Morgan fingerprint density at radius 3 is 2.74 bits per heavy atom. The standard InChI is InChI=1S/C17H24N2O3S/c1-12-8-10-23-15(12)14(20)11-19-17(22)16(21)18-9-7-13-5-3-2-4-6-13/h5,8,10,14,20H,2-4,6-7,9,11H2,1H3,(H,18,21)(H,19,22)/t14-/m0/s1. The van der Waals surface area contributed by atoms with Gasteiger partial charge in [0.25, 0.3) is 0 Å². The molecule has 0 aliphatic heterocycles. The number of aryl methyl sites for hydroxylation is 1. The first-order chi connectivity index (χ1) is 11.1. The molecule has 126 valence electrons. The van der Waals surface area contributed by atoms with E-state index in [4.69, 9.17) is 0 Å². The average molecular weight is 336 g/mol. The zero-order chi connectivity index (χ0) is 16.7. The maximum Gasteiger partial charge on any atom is 0.309 e. The summed E-state index contributed by atoms with van der Waals surface area (Å²) in [5.74, 6) is -1.34. The van der Waals surface area contributed by atoms with Gasteiger partial charge >= 0.3 is 11.8 Å². The Balaban J connectivity index is 1.67. The van der Waals surface area contributed by atoms with Crippen LogP contribution in [0.25, 0.3) is 0 Å². The van der Waals surface area contributed by atoms with Crippen molar-refractivity contribution in [2.45, 2.75) is 45.1 Å². The predicted octanol–water partition coefficient (Wildman–Crippen LogP) is 2.21. The van der Waals surface area contributed by atoms with E-state index in [9.17, 15) is 14.7 Å². The molecule has 2 rings (SSSR count). The lowest BCUT2D eigenvalue weighted by Gasteiger charge is -2.13. The van der Waals surface area contributed by atoms with E-state index in [0.717, 1.165) is 29.7 Å². The second-order valence-electron chi connectivity index (χ2n) is 5.81. The van der Waals surface area contributed by atoms with Crippen LogP contribution in [0.15, 0.2) is 23.1 Å². The molecule has 0 bridgehead atoms. The monoisotopic (exact) mass is 336 g/mol. The minimum absolute atomic E-state index is 0.0404. The minimum Gasteiger partial charge on any atom is -0.386 e. The molecule has 3 N–H and O–H groups in total. The van der Waals surface area contributed by atoms with Gasteiger partial charge in [0, 0.05) is 18.0 Å². The Kier molecular flexibility index (Phi) is 6.80. The van der Waals surface area contributed by atoms with Gasteiger partial charge in [0.2, 0.25) is 0 Å². The Hall–Kier alpha value is -1.66. The van der Waals surface area contributed by atoms with E-state index in [1.807, 2.05) is 18.4 Å². The Morgan fingerprint density at radius 1 is 1.30 bits per heavy atom. The minimum atomic E-state index is -0.779. The van der Waals surface area contributed by atoms with E-state index in [1.165, 1.54) is 29.8 Å². The number of allylic oxidation sites excluding steroid dienone is 1. The van der Waals surface area contributed by atoms with Crippen molar-refractivity contribution in [1.82, 2.24) is 10.6 Å². The van der Waals surface area contributed by atoms with Crippen molar-refractivity contribution < 1.29 is 14.7 Å². The van der Waals surface area contributed by atoms with Gasteiger partial charge in [-0.3, -0.25) is 9.59 Å². The fourth-order valence-corrected chi connectivity index (χ4v) is 3.55. The van der Waals surface area contributed by atoms with Crippen LogP contribution < -0.4 is 10.6 Å². The summed E-state index contributed by atoms with van der Waals surface area (Å²) in [6, 6.07) is 1.91. The van der Waals surface area contributed by atoms with E-state index < -0.39 is 17.9 Å². The first-order valence-corrected chi connectivity index (χ1v) is 8.92. The highest BCUT2D eigenvalue weighted by atomic mass is 32.1. The maximum absolute atomic E-state index is 11.7. The van der Waals surface area contributed by atoms with E-state index in [1.54, 1.807) is 0 Å². The lowest BCUT2D eigenvalue weighted by molar-refractivity contribution is -0.139. The highest BCUT2D eigenvalue weighted by Gasteiger charge is 2.17. The number of nitrogens with one attached hydrogen (secondary N) is 2. The van der Waals surface area contributed by atoms with Crippen LogP contribution in [0.1, 0.15) is 48.6 Å². The van der Waals surface area contributed by atoms with Crippen LogP contribution in [0.3, 0.4) is 0 Å². The lowest BCUT2D eigenvalue weighted by atomic mass is 9.97. The number of carbonyl (C=O) groups is 2. The number of carbonyl (C=O) groups excluding carboxylic acids is 2. The summed E-state index contributed by atoms with van der Waals surface area (Å²) >= 11 is 1.44. The normalized spacial score (nSPS) is 15.7. The fourth-order valence-electron chi connectivity index (χ4n) is 2.64. The zero-order valence-electron chi connectivity index (χ0n) is 13.4. The molecule has 0 saturated carbocycles. The van der Waals surface area contributed by atoms with Gasteiger partial charge < -0.3 is 15.7 Å². The SMILES string of the molecule is Cc1ccsc1[C@@H](O)CNC(=O)C(=O)NCCC1=CCCCC1. The van der Waals surface area contributed by atoms with Crippen LogP contribution >= 0.6 is 11.3 Å². The summed E-state index contributed by atoms with van der Waals surface area (Å²) < 4.78 is 0. The van der Waals surface area contributed by atoms with E-state index in [-0.39, 0.29) is 6.54 Å². The molecule has 1 aliphatic carbocycles. The van der Waals surface area contributed by atoms with E-state index in [2.05, 4.69) is 16.7 Å². The first-order valence-electron chi connectivity index (χ1n) is 8.04. The summed E-state index contributed by atoms with van der Waals surface area (Å²) in [6.07, 6.45) is 6.91. The molecule has 0 spiro atoms. The van der Waals surface area contributed by atoms with Crippen LogP contribution in [0.2, 0.25) is 0 Å². The molecule has 1 aromatic rings. The Morgan fingerprint density at radius 2 is 2.09 bits per heavy atom. The van der Waals surface area contributed by atoms with Gasteiger partial charge in [-0.2, -0.15) is 0 Å². The molecular formula is C17H24N2O3S. The number of hydrogen-bond acceptors (Lipinski definition) is 4. The molecule has 1 heterocycles. The molecule has 23 heavy (non-hydrogen) atoms. The highest BCUT2D eigenvalue weighted by molar-refractivity contribution is 7.10. The van der Waals surface area contributed by atoms with Gasteiger partial charge in [0.15, 0.2) is 0 Å². The molecule has 0 aromatic carbocycles. The number of thiophene rings is 1. The molecule has 0 radical (unpaired) electrons. The summed E-state index contributed by atoms with van der Waals surface area (Å²) in [7, 11) is 0. The molecule has 0 fully saturated rings. The van der Waals surface area contributed by atoms with Gasteiger partial charge in [-0.15, -0.1) is 11.3 Å². The van der Waals surface area contributed by atoms with Crippen molar-refractivity contribution in [2.75, 3.05) is 13.1 Å². The van der Waals surface area contributed by atoms with Crippen molar-refractivity contribution in [1.29, 1.82) is 0 Å². The Bertz CT molecular complexity index is 580. The van der Waals surface area contributed by atoms with Gasteiger partial charge in [-0.1, -0.05) is 11.6 Å². The Labute approximate surface area is 140 Å². The van der Waals surface area contributed by atoms with Gasteiger partial charge in [0.05, 0.1) is 0 Å². The second kappa shape index (κ2) is 8.84. The van der Waals surface area contributed by atoms with Crippen molar-refractivity contribution in [2.24, 2.45) is 0 Å². The molecule has 1 aromatic heterocycles. The van der Waals surface area contributed by atoms with E-state index in [0.29, 0.717) is 6.54 Å². The summed E-state index contributed by atoms with van der Waals surface area (Å²) in [4.78, 5) is 24.3. The molecule has 5 nitrogen and oxygen atoms in total. The number of amides is 2. The number of rotatable bonds is 6. The largest absolute Gasteiger partial charge is 0.386 e. The van der Waals surface area contributed by atoms with Crippen LogP contribution in [0.5, 0.6) is 0 Å². The van der Waals surface area contributed by atoms with Gasteiger partial charge in [-0.05, 0) is 56.0 Å². The molecule has 6 heteroatoms.